The van der Waals surface area contributed by atoms with Crippen LogP contribution in [0.5, 0.6) is 0 Å². The smallest absolute Gasteiger partial charge is 0.200 e. The van der Waals surface area contributed by atoms with Crippen molar-refractivity contribution in [3.63, 3.8) is 0 Å². The van der Waals surface area contributed by atoms with Crippen LogP contribution in [0.3, 0.4) is 0 Å². The van der Waals surface area contributed by atoms with E-state index in [1.807, 2.05) is 42.5 Å². The number of aromatic nitrogens is 1. The van der Waals surface area contributed by atoms with Crippen LogP contribution in [0.2, 0.25) is 5.02 Å². The highest BCUT2D eigenvalue weighted by molar-refractivity contribution is 6.36. The normalized spacial score (nSPS) is 17.2. The van der Waals surface area contributed by atoms with E-state index >= 15 is 0 Å². The van der Waals surface area contributed by atoms with Crippen LogP contribution in [0.15, 0.2) is 42.5 Å². The van der Waals surface area contributed by atoms with E-state index in [2.05, 4.69) is 10.3 Å². The highest BCUT2D eigenvalue weighted by Crippen LogP contribution is 2.34. The van der Waals surface area contributed by atoms with Crippen LogP contribution in [0, 0.1) is 0 Å². The van der Waals surface area contributed by atoms with Crippen molar-refractivity contribution >= 4 is 28.3 Å². The number of carbonyl (C=O) groups is 1. The molecular formula is C21H22ClN3O2. The van der Waals surface area contributed by atoms with Crippen LogP contribution in [0.4, 0.5) is 0 Å². The molecule has 0 radical (unpaired) electrons. The molecule has 2 aromatic carbocycles. The van der Waals surface area contributed by atoms with Gasteiger partial charge < -0.3 is 15.5 Å². The minimum absolute atomic E-state index is 0.0115. The van der Waals surface area contributed by atoms with Crippen LogP contribution in [0.25, 0.3) is 10.9 Å². The number of ketones is 1. The molecule has 6 heteroatoms. The number of aromatic amines is 1. The van der Waals surface area contributed by atoms with Crippen LogP contribution in [0.1, 0.15) is 45.7 Å². The summed E-state index contributed by atoms with van der Waals surface area (Å²) >= 11 is 6.61. The maximum absolute atomic E-state index is 13.1. The van der Waals surface area contributed by atoms with E-state index < -0.39 is 0 Å². The van der Waals surface area contributed by atoms with Crippen molar-refractivity contribution in [1.82, 2.24) is 10.3 Å². The number of halogens is 1. The average Bonchev–Trinajstić information content (AvgIpc) is 3.30. The standard InChI is InChI=1S/C21H22ClN3O2/c1-27-9-8-16(23)14-6-7-17-15(19(14)22)10-18(25-17)21(26)20-13-5-3-2-4-12(13)11-24-20/h2-7,10,16,20,24-25H,8-9,11,23H2,1H3. The third-order valence-corrected chi connectivity index (χ3v) is 5.61. The number of Topliss-reactive ketones (excluding diaryl/α,β-unsaturated/α-hetero) is 1. The molecule has 27 heavy (non-hydrogen) atoms. The second-order valence-electron chi connectivity index (χ2n) is 6.88. The summed E-state index contributed by atoms with van der Waals surface area (Å²) in [6.45, 7) is 1.27. The number of benzene rings is 2. The van der Waals surface area contributed by atoms with E-state index in [-0.39, 0.29) is 17.9 Å². The summed E-state index contributed by atoms with van der Waals surface area (Å²) < 4.78 is 5.10. The van der Waals surface area contributed by atoms with Gasteiger partial charge in [0.2, 0.25) is 0 Å². The number of nitrogens with two attached hydrogens (primary N) is 1. The van der Waals surface area contributed by atoms with E-state index in [9.17, 15) is 4.79 Å². The van der Waals surface area contributed by atoms with Gasteiger partial charge in [-0.25, -0.2) is 0 Å². The predicted molar refractivity (Wildman–Crippen MR) is 107 cm³/mol. The molecule has 2 atom stereocenters. The Morgan fingerprint density at radius 1 is 1.33 bits per heavy atom. The number of ether oxygens (including phenoxy) is 1. The van der Waals surface area contributed by atoms with Crippen molar-refractivity contribution in [2.45, 2.75) is 25.0 Å². The Morgan fingerprint density at radius 3 is 2.96 bits per heavy atom. The van der Waals surface area contributed by atoms with E-state index in [0.29, 0.717) is 30.3 Å². The van der Waals surface area contributed by atoms with Gasteiger partial charge in [-0.1, -0.05) is 41.9 Å². The van der Waals surface area contributed by atoms with Crippen molar-refractivity contribution in [1.29, 1.82) is 0 Å². The van der Waals surface area contributed by atoms with Crippen LogP contribution >= 0.6 is 11.6 Å². The predicted octanol–water partition coefficient (Wildman–Crippen LogP) is 3.88. The topological polar surface area (TPSA) is 80.1 Å². The Balaban J connectivity index is 1.66. The fraction of sp³-hybridized carbons (Fsp3) is 0.286. The second kappa shape index (κ2) is 7.44. The molecule has 140 valence electrons. The fourth-order valence-corrected chi connectivity index (χ4v) is 4.05. The Hall–Kier alpha value is -2.18. The number of hydrogen-bond donors (Lipinski definition) is 3. The van der Waals surface area contributed by atoms with Gasteiger partial charge in [0.15, 0.2) is 5.78 Å². The summed E-state index contributed by atoms with van der Waals surface area (Å²) in [5, 5.41) is 4.70. The third-order valence-electron chi connectivity index (χ3n) is 5.19. The molecule has 1 aliphatic heterocycles. The van der Waals surface area contributed by atoms with Gasteiger partial charge in [0.25, 0.3) is 0 Å². The number of carbonyl (C=O) groups excluding carboxylic acids is 1. The van der Waals surface area contributed by atoms with Crippen molar-refractivity contribution in [2.24, 2.45) is 5.73 Å². The summed E-state index contributed by atoms with van der Waals surface area (Å²) in [6, 6.07) is 13.1. The van der Waals surface area contributed by atoms with E-state index in [4.69, 9.17) is 22.1 Å². The molecule has 3 aromatic rings. The quantitative estimate of drug-likeness (QED) is 0.564. The van der Waals surface area contributed by atoms with Crippen LogP contribution < -0.4 is 11.1 Å². The number of nitrogens with one attached hydrogen (secondary N) is 2. The molecule has 4 rings (SSSR count). The third kappa shape index (κ3) is 3.28. The highest BCUT2D eigenvalue weighted by Gasteiger charge is 2.29. The summed E-state index contributed by atoms with van der Waals surface area (Å²) in [5.74, 6) is 0.0115. The lowest BCUT2D eigenvalue weighted by Gasteiger charge is -2.13. The molecule has 0 amide bonds. The van der Waals surface area contributed by atoms with Gasteiger partial charge in [0.05, 0.1) is 16.8 Å². The molecule has 2 heterocycles. The van der Waals surface area contributed by atoms with E-state index in [1.54, 1.807) is 7.11 Å². The van der Waals surface area contributed by atoms with Gasteiger partial charge >= 0.3 is 0 Å². The zero-order valence-corrected chi connectivity index (χ0v) is 15.8. The Labute approximate surface area is 162 Å². The maximum Gasteiger partial charge on any atom is 0.200 e. The maximum atomic E-state index is 13.1. The zero-order chi connectivity index (χ0) is 19.0. The molecule has 4 N–H and O–H groups in total. The number of rotatable bonds is 6. The number of methoxy groups -OCH3 is 1. The summed E-state index contributed by atoms with van der Waals surface area (Å²) in [5.41, 5.74) is 10.7. The Kier molecular flexibility index (Phi) is 5.02. The Bertz CT molecular complexity index is 998. The van der Waals surface area contributed by atoms with E-state index in [1.165, 1.54) is 0 Å². The van der Waals surface area contributed by atoms with Crippen LogP contribution in [-0.2, 0) is 11.3 Å². The first kappa shape index (κ1) is 18.2. The molecule has 0 saturated carbocycles. The lowest BCUT2D eigenvalue weighted by atomic mass is 10.00. The van der Waals surface area contributed by atoms with Gasteiger partial charge in [-0.2, -0.15) is 0 Å². The molecule has 0 saturated heterocycles. The van der Waals surface area contributed by atoms with Crippen molar-refractivity contribution in [2.75, 3.05) is 13.7 Å². The molecule has 0 fully saturated rings. The van der Waals surface area contributed by atoms with Gasteiger partial charge in [-0.05, 0) is 35.2 Å². The molecule has 0 bridgehead atoms. The van der Waals surface area contributed by atoms with Gasteiger partial charge in [-0.3, -0.25) is 10.1 Å². The lowest BCUT2D eigenvalue weighted by molar-refractivity contribution is 0.0944. The molecule has 1 aromatic heterocycles. The molecule has 0 spiro atoms. The Morgan fingerprint density at radius 2 is 2.15 bits per heavy atom. The monoisotopic (exact) mass is 383 g/mol. The number of hydrogen-bond acceptors (Lipinski definition) is 4. The van der Waals surface area contributed by atoms with Crippen molar-refractivity contribution in [3.8, 4) is 0 Å². The number of H-pyrrole nitrogens is 1. The summed E-state index contributed by atoms with van der Waals surface area (Å²) in [6.07, 6.45) is 0.681. The first-order valence-electron chi connectivity index (χ1n) is 9.01. The average molecular weight is 384 g/mol. The fourth-order valence-electron chi connectivity index (χ4n) is 3.69. The minimum atomic E-state index is -0.337. The first-order valence-corrected chi connectivity index (χ1v) is 9.39. The van der Waals surface area contributed by atoms with Gasteiger partial charge in [-0.15, -0.1) is 0 Å². The lowest BCUT2D eigenvalue weighted by Crippen LogP contribution is -2.22. The first-order chi connectivity index (χ1) is 13.1. The summed E-state index contributed by atoms with van der Waals surface area (Å²) in [7, 11) is 1.65. The molecule has 2 unspecified atom stereocenters. The van der Waals surface area contributed by atoms with Crippen LogP contribution in [-0.4, -0.2) is 24.5 Å². The summed E-state index contributed by atoms with van der Waals surface area (Å²) in [4.78, 5) is 16.3. The van der Waals surface area contributed by atoms with Crippen molar-refractivity contribution in [3.05, 3.63) is 69.9 Å². The SMILES string of the molecule is COCCC(N)c1ccc2[nH]c(C(=O)C3NCc4ccccc43)cc2c1Cl. The molecule has 5 nitrogen and oxygen atoms in total. The van der Waals surface area contributed by atoms with Gasteiger partial charge in [0, 0.05) is 37.2 Å². The molecule has 0 aliphatic carbocycles. The van der Waals surface area contributed by atoms with Crippen molar-refractivity contribution < 1.29 is 9.53 Å². The molecule has 1 aliphatic rings. The number of fused-ring (bicyclic) bond motifs is 2. The highest BCUT2D eigenvalue weighted by atomic mass is 35.5. The second-order valence-corrected chi connectivity index (χ2v) is 7.26. The zero-order valence-electron chi connectivity index (χ0n) is 15.1. The molecular weight excluding hydrogens is 362 g/mol. The minimum Gasteiger partial charge on any atom is -0.385 e. The van der Waals surface area contributed by atoms with Gasteiger partial charge in [0.1, 0.15) is 0 Å². The van der Waals surface area contributed by atoms with E-state index in [0.717, 1.165) is 27.6 Å². The largest absolute Gasteiger partial charge is 0.385 e.